The van der Waals surface area contributed by atoms with E-state index in [9.17, 15) is 4.79 Å². The van der Waals surface area contributed by atoms with E-state index in [-0.39, 0.29) is 5.57 Å². The molecule has 0 amide bonds. The minimum absolute atomic E-state index is 0.232. The molecule has 0 saturated heterocycles. The molecule has 4 nitrogen and oxygen atoms in total. The monoisotopic (exact) mass is 231 g/mol. The predicted octanol–water partition coefficient (Wildman–Crippen LogP) is 2.85. The van der Waals surface area contributed by atoms with Crippen molar-refractivity contribution in [2.45, 2.75) is 6.92 Å². The van der Waals surface area contributed by atoms with Gasteiger partial charge in [-0.2, -0.15) is 0 Å². The van der Waals surface area contributed by atoms with Crippen molar-refractivity contribution in [1.82, 2.24) is 4.98 Å². The Labute approximate surface area is 99.2 Å². The van der Waals surface area contributed by atoms with E-state index in [4.69, 9.17) is 5.11 Å². The molecular weight excluding hydrogens is 218 g/mol. The molecule has 2 rings (SSSR count). The summed E-state index contributed by atoms with van der Waals surface area (Å²) in [6, 6.07) is 8.84. The van der Waals surface area contributed by atoms with Crippen molar-refractivity contribution in [1.29, 1.82) is 0 Å². The Morgan fingerprint density at radius 3 is 2.35 bits per heavy atom. The van der Waals surface area contributed by atoms with E-state index in [2.05, 4.69) is 9.40 Å². The first-order chi connectivity index (χ1) is 8.25. The van der Waals surface area contributed by atoms with Crippen LogP contribution in [0, 0.1) is 0 Å². The van der Waals surface area contributed by atoms with Crippen LogP contribution in [0.15, 0.2) is 59.5 Å². The van der Waals surface area contributed by atoms with E-state index in [1.54, 1.807) is 43.8 Å². The minimum atomic E-state index is -0.948. The summed E-state index contributed by atoms with van der Waals surface area (Å²) in [4.78, 5) is 14.5. The van der Waals surface area contributed by atoms with Gasteiger partial charge in [-0.1, -0.05) is 12.1 Å². The fraction of sp³-hybridized carbons (Fsp3) is 0.0769. The molecule has 0 radical (unpaired) electrons. The second kappa shape index (κ2) is 7.00. The molecule has 0 atom stereocenters. The number of nitrogens with zero attached hydrogens (tertiary/aromatic N) is 1. The minimum Gasteiger partial charge on any atom is -0.478 e. The van der Waals surface area contributed by atoms with Crippen molar-refractivity contribution >= 4 is 11.5 Å². The van der Waals surface area contributed by atoms with E-state index >= 15 is 0 Å². The number of allylic oxidation sites excluding steroid dienone is 1. The summed E-state index contributed by atoms with van der Waals surface area (Å²) < 4.78 is 4.58. The summed E-state index contributed by atoms with van der Waals surface area (Å²) in [5.74, 6) is -0.948. The Hall–Kier alpha value is -2.36. The third-order valence-corrected chi connectivity index (χ3v) is 1.89. The molecule has 0 saturated carbocycles. The third kappa shape index (κ3) is 4.34. The number of carbonyl (C=O) groups is 1. The average Bonchev–Trinajstić information content (AvgIpc) is 2.89. The number of pyridine rings is 1. The molecule has 0 fully saturated rings. The summed E-state index contributed by atoms with van der Waals surface area (Å²) in [7, 11) is 0. The number of rotatable bonds is 2. The first-order valence-corrected chi connectivity index (χ1v) is 5.04. The van der Waals surface area contributed by atoms with Crippen molar-refractivity contribution in [3.63, 3.8) is 0 Å². The second-order valence-corrected chi connectivity index (χ2v) is 3.02. The van der Waals surface area contributed by atoms with Crippen LogP contribution in [0.3, 0.4) is 0 Å². The number of hydrogen-bond donors (Lipinski definition) is 1. The van der Waals surface area contributed by atoms with Gasteiger partial charge in [0.2, 0.25) is 0 Å². The number of furan rings is 1. The van der Waals surface area contributed by atoms with Gasteiger partial charge in [-0.05, 0) is 31.2 Å². The Balaban J connectivity index is 0.000000239. The normalized spacial score (nSPS) is 10.3. The molecule has 0 bridgehead atoms. The first kappa shape index (κ1) is 12.7. The number of hydrogen-bond acceptors (Lipinski definition) is 3. The Bertz CT molecular complexity index is 443. The second-order valence-electron chi connectivity index (χ2n) is 3.02. The molecule has 0 unspecified atom stereocenters. The summed E-state index contributed by atoms with van der Waals surface area (Å²) in [6.07, 6.45) is 6.35. The molecule has 0 aromatic carbocycles. The predicted molar refractivity (Wildman–Crippen MR) is 64.2 cm³/mol. The highest BCUT2D eigenvalue weighted by molar-refractivity contribution is 6.14. The van der Waals surface area contributed by atoms with Crippen LogP contribution in [-0.4, -0.2) is 16.1 Å². The quantitative estimate of drug-likeness (QED) is 0.807. The molecule has 2 aromatic heterocycles. The smallest absolute Gasteiger partial charge is 0.337 e. The maximum absolute atomic E-state index is 10.6. The van der Waals surface area contributed by atoms with Gasteiger partial charge in [0.05, 0.1) is 23.8 Å². The van der Waals surface area contributed by atoms with Gasteiger partial charge in [0, 0.05) is 6.20 Å². The van der Waals surface area contributed by atoms with Gasteiger partial charge < -0.3 is 9.52 Å². The van der Waals surface area contributed by atoms with E-state index in [1.165, 1.54) is 6.08 Å². The number of aliphatic carboxylic acids is 1. The molecule has 1 N–H and O–H groups in total. The third-order valence-electron chi connectivity index (χ3n) is 1.89. The molecule has 0 aliphatic carbocycles. The lowest BCUT2D eigenvalue weighted by molar-refractivity contribution is -0.130. The average molecular weight is 231 g/mol. The van der Waals surface area contributed by atoms with Crippen LogP contribution in [-0.2, 0) is 4.79 Å². The topological polar surface area (TPSA) is 63.3 Å². The SMILES string of the molecule is C/C=C(/C(=O)O)c1ccccn1.c1ccoc1. The summed E-state index contributed by atoms with van der Waals surface area (Å²) >= 11 is 0. The standard InChI is InChI=1S/C9H9NO2.C4H4O/c1-2-7(9(11)12)8-5-3-4-6-10-8;1-2-4-5-3-1/h2-6H,1H3,(H,11,12);1-4H/b7-2+;. The van der Waals surface area contributed by atoms with E-state index in [0.717, 1.165) is 0 Å². The molecule has 88 valence electrons. The van der Waals surface area contributed by atoms with E-state index < -0.39 is 5.97 Å². The highest BCUT2D eigenvalue weighted by atomic mass is 16.4. The van der Waals surface area contributed by atoms with Gasteiger partial charge in [-0.15, -0.1) is 0 Å². The molecule has 0 aliphatic rings. The summed E-state index contributed by atoms with van der Waals surface area (Å²) in [5, 5.41) is 8.72. The zero-order valence-corrected chi connectivity index (χ0v) is 9.41. The Morgan fingerprint density at radius 2 is 2.00 bits per heavy atom. The Morgan fingerprint density at radius 1 is 1.29 bits per heavy atom. The van der Waals surface area contributed by atoms with Crippen molar-refractivity contribution in [2.75, 3.05) is 0 Å². The molecule has 17 heavy (non-hydrogen) atoms. The summed E-state index contributed by atoms with van der Waals surface area (Å²) in [6.45, 7) is 1.68. The number of aromatic nitrogens is 1. The molecular formula is C13H13NO3. The van der Waals surface area contributed by atoms with Crippen molar-refractivity contribution < 1.29 is 14.3 Å². The molecule has 0 aliphatic heterocycles. The van der Waals surface area contributed by atoms with Gasteiger partial charge in [0.25, 0.3) is 0 Å². The zero-order chi connectivity index (χ0) is 12.5. The van der Waals surface area contributed by atoms with Gasteiger partial charge in [0.15, 0.2) is 0 Å². The largest absolute Gasteiger partial charge is 0.478 e. The lowest BCUT2D eigenvalue weighted by atomic mass is 10.1. The number of carboxylic acid groups (broad SMARTS) is 1. The van der Waals surface area contributed by atoms with Crippen molar-refractivity contribution in [2.24, 2.45) is 0 Å². The summed E-state index contributed by atoms with van der Waals surface area (Å²) in [5.41, 5.74) is 0.725. The molecule has 0 spiro atoms. The van der Waals surface area contributed by atoms with Crippen LogP contribution >= 0.6 is 0 Å². The Kier molecular flexibility index (Phi) is 5.24. The van der Waals surface area contributed by atoms with Crippen LogP contribution in [0.1, 0.15) is 12.6 Å². The molecule has 2 heterocycles. The maximum Gasteiger partial charge on any atom is 0.337 e. The zero-order valence-electron chi connectivity index (χ0n) is 9.41. The molecule has 4 heteroatoms. The number of carboxylic acids is 1. The lowest BCUT2D eigenvalue weighted by Crippen LogP contribution is -2.00. The highest BCUT2D eigenvalue weighted by Gasteiger charge is 2.08. The van der Waals surface area contributed by atoms with Gasteiger partial charge in [-0.3, -0.25) is 4.98 Å². The first-order valence-electron chi connectivity index (χ1n) is 5.04. The maximum atomic E-state index is 10.6. The van der Waals surface area contributed by atoms with Gasteiger partial charge >= 0.3 is 5.97 Å². The van der Waals surface area contributed by atoms with Crippen LogP contribution in [0.5, 0.6) is 0 Å². The van der Waals surface area contributed by atoms with Crippen LogP contribution in [0.2, 0.25) is 0 Å². The molecule has 2 aromatic rings. The van der Waals surface area contributed by atoms with E-state index in [1.807, 2.05) is 12.1 Å². The fourth-order valence-electron chi connectivity index (χ4n) is 1.13. The highest BCUT2D eigenvalue weighted by Crippen LogP contribution is 2.09. The lowest BCUT2D eigenvalue weighted by Gasteiger charge is -1.98. The fourth-order valence-corrected chi connectivity index (χ4v) is 1.13. The van der Waals surface area contributed by atoms with Gasteiger partial charge in [-0.25, -0.2) is 4.79 Å². The van der Waals surface area contributed by atoms with Crippen LogP contribution in [0.4, 0.5) is 0 Å². The van der Waals surface area contributed by atoms with Crippen LogP contribution in [0.25, 0.3) is 5.57 Å². The van der Waals surface area contributed by atoms with Crippen molar-refractivity contribution in [3.8, 4) is 0 Å². The van der Waals surface area contributed by atoms with Crippen molar-refractivity contribution in [3.05, 3.63) is 60.8 Å². The van der Waals surface area contributed by atoms with Crippen LogP contribution < -0.4 is 0 Å². The van der Waals surface area contributed by atoms with E-state index in [0.29, 0.717) is 5.69 Å². The van der Waals surface area contributed by atoms with Gasteiger partial charge in [0.1, 0.15) is 0 Å².